The summed E-state index contributed by atoms with van der Waals surface area (Å²) < 4.78 is 31.8. The van der Waals surface area contributed by atoms with Gasteiger partial charge in [-0.2, -0.15) is 0 Å². The van der Waals surface area contributed by atoms with E-state index < -0.39 is 15.6 Å². The summed E-state index contributed by atoms with van der Waals surface area (Å²) in [5.41, 5.74) is 7.63. The van der Waals surface area contributed by atoms with Gasteiger partial charge in [0.25, 0.3) is 0 Å². The van der Waals surface area contributed by atoms with Gasteiger partial charge in [0.05, 0.1) is 18.1 Å². The maximum atomic E-state index is 13.3. The summed E-state index contributed by atoms with van der Waals surface area (Å²) in [6.45, 7) is 12.5. The smallest absolute Gasteiger partial charge is 0.185 e. The zero-order valence-corrected chi connectivity index (χ0v) is 26.1. The van der Waals surface area contributed by atoms with Crippen LogP contribution in [0, 0.1) is 0 Å². The van der Waals surface area contributed by atoms with E-state index in [9.17, 15) is 13.2 Å². The number of hydrogen-bond acceptors (Lipinski definition) is 6. The lowest BCUT2D eigenvalue weighted by Crippen LogP contribution is -2.36. The van der Waals surface area contributed by atoms with E-state index in [4.69, 9.17) is 4.74 Å². The molecule has 3 aromatic carbocycles. The molecule has 0 atom stereocenters. The largest absolute Gasteiger partial charge is 0.378 e. The van der Waals surface area contributed by atoms with Crippen LogP contribution < -0.4 is 4.90 Å². The van der Waals surface area contributed by atoms with Crippen molar-refractivity contribution in [1.82, 2.24) is 4.90 Å². The standard InChI is InChI=1S/C34H44N2O4S/c1-24(2)32-19-28(27-9-11-29(12-10-27)36-15-17-40-18-16-36)20-33(25(3)4)34(32)21-30(37)23-41(38,39)31-13-7-26(8-14-31)22-35(5)6/h7-14,19-20,24-25H,15-18,21-23H2,1-6H3. The van der Waals surface area contributed by atoms with Crippen LogP contribution in [0.25, 0.3) is 11.1 Å². The number of nitrogens with zero attached hydrogens (tertiary/aromatic N) is 2. The van der Waals surface area contributed by atoms with Gasteiger partial charge in [-0.05, 0) is 83.6 Å². The third kappa shape index (κ3) is 7.85. The maximum Gasteiger partial charge on any atom is 0.185 e. The van der Waals surface area contributed by atoms with Crippen LogP contribution in [0.5, 0.6) is 0 Å². The highest BCUT2D eigenvalue weighted by Gasteiger charge is 2.24. The number of anilines is 1. The number of ether oxygens (including phenoxy) is 1. The highest BCUT2D eigenvalue weighted by molar-refractivity contribution is 7.92. The SMILES string of the molecule is CC(C)c1cc(-c2ccc(N3CCOCC3)cc2)cc(C(C)C)c1CC(=O)CS(=O)(=O)c1ccc(CN(C)C)cc1. The second kappa shape index (κ2) is 13.3. The first-order valence-corrected chi connectivity index (χ1v) is 16.2. The predicted octanol–water partition coefficient (Wildman–Crippen LogP) is 6.08. The van der Waals surface area contributed by atoms with Gasteiger partial charge in [0, 0.05) is 31.7 Å². The zero-order chi connectivity index (χ0) is 29.7. The molecule has 220 valence electrons. The summed E-state index contributed by atoms with van der Waals surface area (Å²) in [6, 6.07) is 19.9. The molecule has 0 spiro atoms. The molecule has 41 heavy (non-hydrogen) atoms. The van der Waals surface area contributed by atoms with E-state index in [0.29, 0.717) is 0 Å². The van der Waals surface area contributed by atoms with Gasteiger partial charge in [-0.15, -0.1) is 0 Å². The molecule has 1 saturated heterocycles. The molecule has 3 aromatic rings. The molecule has 4 rings (SSSR count). The fourth-order valence-corrected chi connectivity index (χ4v) is 6.76. The summed E-state index contributed by atoms with van der Waals surface area (Å²) >= 11 is 0. The predicted molar refractivity (Wildman–Crippen MR) is 168 cm³/mol. The van der Waals surface area contributed by atoms with E-state index in [2.05, 4.69) is 69.0 Å². The molecule has 0 aromatic heterocycles. The molecule has 1 fully saturated rings. The second-order valence-corrected chi connectivity index (χ2v) is 13.9. The lowest BCUT2D eigenvalue weighted by Gasteiger charge is -2.29. The molecule has 0 unspecified atom stereocenters. The van der Waals surface area contributed by atoms with Crippen LogP contribution in [0.15, 0.2) is 65.6 Å². The van der Waals surface area contributed by atoms with Crippen LogP contribution in [0.1, 0.15) is 61.8 Å². The summed E-state index contributed by atoms with van der Waals surface area (Å²) in [5, 5.41) is 0. The van der Waals surface area contributed by atoms with Crippen LogP contribution in [-0.2, 0) is 32.3 Å². The lowest BCUT2D eigenvalue weighted by atomic mass is 9.83. The van der Waals surface area contributed by atoms with E-state index in [-0.39, 0.29) is 28.9 Å². The summed E-state index contributed by atoms with van der Waals surface area (Å²) in [4.78, 5) is 17.9. The van der Waals surface area contributed by atoms with Crippen LogP contribution in [0.3, 0.4) is 0 Å². The van der Waals surface area contributed by atoms with Crippen molar-refractivity contribution in [2.45, 2.75) is 57.4 Å². The van der Waals surface area contributed by atoms with Gasteiger partial charge in [-0.3, -0.25) is 4.79 Å². The molecule has 0 radical (unpaired) electrons. The minimum absolute atomic E-state index is 0.106. The van der Waals surface area contributed by atoms with Crippen molar-refractivity contribution in [3.63, 3.8) is 0 Å². The highest BCUT2D eigenvalue weighted by atomic mass is 32.2. The lowest BCUT2D eigenvalue weighted by molar-refractivity contribution is -0.116. The number of morpholine rings is 1. The van der Waals surface area contributed by atoms with Crippen LogP contribution in [0.4, 0.5) is 5.69 Å². The normalized spacial score (nSPS) is 14.3. The van der Waals surface area contributed by atoms with Crippen LogP contribution >= 0.6 is 0 Å². The second-order valence-electron chi connectivity index (χ2n) is 11.9. The molecule has 0 bridgehead atoms. The molecule has 1 heterocycles. The molecule has 0 aliphatic carbocycles. The average Bonchev–Trinajstić information content (AvgIpc) is 2.93. The quantitative estimate of drug-likeness (QED) is 0.276. The molecule has 0 saturated carbocycles. The number of ketones is 1. The van der Waals surface area contributed by atoms with E-state index in [1.54, 1.807) is 12.1 Å². The van der Waals surface area contributed by atoms with E-state index in [1.807, 2.05) is 31.1 Å². The van der Waals surface area contributed by atoms with Crippen molar-refractivity contribution in [3.8, 4) is 11.1 Å². The van der Waals surface area contributed by atoms with E-state index in [0.717, 1.165) is 66.2 Å². The number of carbonyl (C=O) groups excluding carboxylic acids is 1. The number of hydrogen-bond donors (Lipinski definition) is 0. The first kappa shape index (κ1) is 30.9. The van der Waals surface area contributed by atoms with Crippen LogP contribution in [-0.4, -0.2) is 65.3 Å². The van der Waals surface area contributed by atoms with E-state index >= 15 is 0 Å². The third-order valence-electron chi connectivity index (χ3n) is 7.65. The van der Waals surface area contributed by atoms with Gasteiger partial charge < -0.3 is 14.5 Å². The van der Waals surface area contributed by atoms with Crippen molar-refractivity contribution in [2.75, 3.05) is 51.1 Å². The average molecular weight is 577 g/mol. The molecule has 7 heteroatoms. The van der Waals surface area contributed by atoms with Gasteiger partial charge in [0.1, 0.15) is 5.75 Å². The Bertz CT molecular complexity index is 1410. The summed E-state index contributed by atoms with van der Waals surface area (Å²) in [5.74, 6) is -0.416. The fraction of sp³-hybridized carbons (Fsp3) is 0.441. The van der Waals surface area contributed by atoms with Gasteiger partial charge in [0.15, 0.2) is 15.6 Å². The molecule has 0 N–H and O–H groups in total. The Hall–Kier alpha value is -3.00. The summed E-state index contributed by atoms with van der Waals surface area (Å²) in [6.07, 6.45) is 0.106. The molecule has 1 aliphatic heterocycles. The Labute approximate surface area is 246 Å². The Balaban J connectivity index is 1.58. The minimum Gasteiger partial charge on any atom is -0.378 e. The summed E-state index contributed by atoms with van der Waals surface area (Å²) in [7, 11) is 0.204. The Morgan fingerprint density at radius 2 is 1.41 bits per heavy atom. The monoisotopic (exact) mass is 576 g/mol. The van der Waals surface area contributed by atoms with Gasteiger partial charge in [-0.1, -0.05) is 64.1 Å². The molecule has 0 amide bonds. The van der Waals surface area contributed by atoms with Crippen molar-refractivity contribution in [2.24, 2.45) is 0 Å². The first-order valence-electron chi connectivity index (χ1n) is 14.5. The third-order valence-corrected chi connectivity index (χ3v) is 9.34. The van der Waals surface area contributed by atoms with Gasteiger partial charge in [0.2, 0.25) is 0 Å². The molecular formula is C34H44N2O4S. The Morgan fingerprint density at radius 3 is 1.93 bits per heavy atom. The van der Waals surface area contributed by atoms with Crippen molar-refractivity contribution in [1.29, 1.82) is 0 Å². The van der Waals surface area contributed by atoms with Crippen molar-refractivity contribution >= 4 is 21.3 Å². The number of carbonyl (C=O) groups is 1. The first-order chi connectivity index (χ1) is 19.4. The highest BCUT2D eigenvalue weighted by Crippen LogP contribution is 2.35. The zero-order valence-electron chi connectivity index (χ0n) is 25.3. The maximum absolute atomic E-state index is 13.3. The minimum atomic E-state index is -3.73. The molecule has 6 nitrogen and oxygen atoms in total. The van der Waals surface area contributed by atoms with E-state index in [1.165, 1.54) is 5.69 Å². The van der Waals surface area contributed by atoms with Crippen LogP contribution in [0.2, 0.25) is 0 Å². The molecule has 1 aliphatic rings. The Kier molecular flexibility index (Phi) is 10.1. The number of rotatable bonds is 11. The van der Waals surface area contributed by atoms with Gasteiger partial charge >= 0.3 is 0 Å². The van der Waals surface area contributed by atoms with Gasteiger partial charge in [-0.25, -0.2) is 8.42 Å². The fourth-order valence-electron chi connectivity index (χ4n) is 5.52. The topological polar surface area (TPSA) is 66.9 Å². The Morgan fingerprint density at radius 1 is 0.854 bits per heavy atom. The number of sulfone groups is 1. The van der Waals surface area contributed by atoms with Crippen molar-refractivity contribution in [3.05, 3.63) is 82.9 Å². The number of benzene rings is 3. The molecular weight excluding hydrogens is 532 g/mol. The number of Topliss-reactive ketones (excluding diaryl/α,β-unsaturated/α-hetero) is 1. The van der Waals surface area contributed by atoms with Crippen molar-refractivity contribution < 1.29 is 17.9 Å².